The first-order chi connectivity index (χ1) is 12.3. The summed E-state index contributed by atoms with van der Waals surface area (Å²) in [5.41, 5.74) is 9.76. The molecule has 0 amide bonds. The van der Waals surface area contributed by atoms with Crippen LogP contribution in [0.4, 0.5) is 11.4 Å². The molecule has 3 nitrogen and oxygen atoms in total. The smallest absolute Gasteiger partial charge is 0.201 e. The van der Waals surface area contributed by atoms with E-state index in [4.69, 9.17) is 10.7 Å². The topological polar surface area (TPSA) is 41.6 Å². The van der Waals surface area contributed by atoms with Crippen LogP contribution in [-0.2, 0) is 6.54 Å². The van der Waals surface area contributed by atoms with Crippen molar-refractivity contribution in [1.82, 2.24) is 0 Å². The van der Waals surface area contributed by atoms with Crippen LogP contribution in [0, 0.1) is 0 Å². The van der Waals surface area contributed by atoms with Gasteiger partial charge in [0.2, 0.25) is 5.96 Å². The molecule has 0 bridgehead atoms. The van der Waals surface area contributed by atoms with Gasteiger partial charge in [-0.1, -0.05) is 66.7 Å². The van der Waals surface area contributed by atoms with Crippen molar-refractivity contribution in [3.8, 4) is 0 Å². The molecule has 0 unspecified atom stereocenters. The Labute approximate surface area is 146 Å². The molecule has 0 spiro atoms. The second-order valence-corrected chi connectivity index (χ2v) is 6.35. The first-order valence-electron chi connectivity index (χ1n) is 8.41. The highest BCUT2D eigenvalue weighted by molar-refractivity contribution is 6.10. The van der Waals surface area contributed by atoms with E-state index < -0.39 is 0 Å². The fourth-order valence-corrected chi connectivity index (χ4v) is 3.70. The van der Waals surface area contributed by atoms with Crippen molar-refractivity contribution in [2.24, 2.45) is 10.7 Å². The molecular formula is C22H17N3. The van der Waals surface area contributed by atoms with Crippen LogP contribution in [0.2, 0.25) is 0 Å². The van der Waals surface area contributed by atoms with Gasteiger partial charge < -0.3 is 10.6 Å². The standard InChI is InChI=1S/C22H17N3/c23-22(24-19-12-4-7-15-6-1-2-11-18(15)19)25-14-17-10-3-8-16-9-5-13-20(25)21(16)17/h1-13H,14H2,(H2,23,24). The summed E-state index contributed by atoms with van der Waals surface area (Å²) in [7, 11) is 0. The van der Waals surface area contributed by atoms with E-state index in [9.17, 15) is 0 Å². The molecule has 2 N–H and O–H groups in total. The van der Waals surface area contributed by atoms with Crippen molar-refractivity contribution >= 4 is 38.9 Å². The van der Waals surface area contributed by atoms with Gasteiger partial charge in [0.25, 0.3) is 0 Å². The third-order valence-corrected chi connectivity index (χ3v) is 4.87. The van der Waals surface area contributed by atoms with Crippen LogP contribution in [0.3, 0.4) is 0 Å². The zero-order valence-electron chi connectivity index (χ0n) is 13.7. The second-order valence-electron chi connectivity index (χ2n) is 6.35. The summed E-state index contributed by atoms with van der Waals surface area (Å²) >= 11 is 0. The van der Waals surface area contributed by atoms with Crippen LogP contribution >= 0.6 is 0 Å². The van der Waals surface area contributed by atoms with E-state index in [2.05, 4.69) is 59.5 Å². The number of aliphatic imine (C=N–C) groups is 1. The molecule has 1 aliphatic rings. The lowest BCUT2D eigenvalue weighted by atomic mass is 10.1. The molecular weight excluding hydrogens is 306 g/mol. The van der Waals surface area contributed by atoms with E-state index in [0.717, 1.165) is 23.3 Å². The van der Waals surface area contributed by atoms with Crippen molar-refractivity contribution < 1.29 is 0 Å². The van der Waals surface area contributed by atoms with Crippen molar-refractivity contribution in [3.05, 3.63) is 84.4 Å². The minimum Gasteiger partial charge on any atom is -0.369 e. The Bertz CT molecular complexity index is 1130. The Morgan fingerprint density at radius 3 is 2.44 bits per heavy atom. The molecule has 0 aromatic heterocycles. The maximum Gasteiger partial charge on any atom is 0.201 e. The number of hydrogen-bond donors (Lipinski definition) is 1. The second kappa shape index (κ2) is 5.35. The summed E-state index contributed by atoms with van der Waals surface area (Å²) in [5, 5.41) is 4.81. The summed E-state index contributed by atoms with van der Waals surface area (Å²) in [4.78, 5) is 6.86. The summed E-state index contributed by atoms with van der Waals surface area (Å²) in [6, 6.07) is 27.1. The molecule has 4 aromatic carbocycles. The highest BCUT2D eigenvalue weighted by atomic mass is 15.3. The molecule has 0 aliphatic carbocycles. The Morgan fingerprint density at radius 1 is 0.800 bits per heavy atom. The van der Waals surface area contributed by atoms with Crippen LogP contribution < -0.4 is 10.6 Å². The van der Waals surface area contributed by atoms with Crippen LogP contribution in [-0.4, -0.2) is 5.96 Å². The average Bonchev–Trinajstić information content (AvgIpc) is 3.03. The van der Waals surface area contributed by atoms with Gasteiger partial charge in [-0.25, -0.2) is 4.99 Å². The molecule has 25 heavy (non-hydrogen) atoms. The largest absolute Gasteiger partial charge is 0.369 e. The number of hydrogen-bond acceptors (Lipinski definition) is 1. The zero-order valence-corrected chi connectivity index (χ0v) is 13.7. The van der Waals surface area contributed by atoms with Crippen molar-refractivity contribution in [3.63, 3.8) is 0 Å². The van der Waals surface area contributed by atoms with Gasteiger partial charge in [-0.3, -0.25) is 0 Å². The molecule has 1 aliphatic heterocycles. The highest BCUT2D eigenvalue weighted by Gasteiger charge is 2.23. The monoisotopic (exact) mass is 323 g/mol. The number of rotatable bonds is 1. The molecule has 0 atom stereocenters. The van der Waals surface area contributed by atoms with Crippen molar-refractivity contribution in [2.45, 2.75) is 6.54 Å². The van der Waals surface area contributed by atoms with E-state index in [0.29, 0.717) is 5.96 Å². The fraction of sp³-hybridized carbons (Fsp3) is 0.0455. The summed E-state index contributed by atoms with van der Waals surface area (Å²) in [6.45, 7) is 0.761. The van der Waals surface area contributed by atoms with E-state index >= 15 is 0 Å². The molecule has 3 heteroatoms. The van der Waals surface area contributed by atoms with Gasteiger partial charge in [0, 0.05) is 10.8 Å². The van der Waals surface area contributed by atoms with E-state index in [1.807, 2.05) is 24.3 Å². The van der Waals surface area contributed by atoms with Crippen LogP contribution in [0.15, 0.2) is 83.9 Å². The normalized spacial score (nSPS) is 13.8. The van der Waals surface area contributed by atoms with Gasteiger partial charge in [-0.15, -0.1) is 0 Å². The minimum absolute atomic E-state index is 0.528. The first-order valence-corrected chi connectivity index (χ1v) is 8.41. The van der Waals surface area contributed by atoms with Gasteiger partial charge in [-0.2, -0.15) is 0 Å². The highest BCUT2D eigenvalue weighted by Crippen LogP contribution is 2.37. The molecule has 4 aromatic rings. The van der Waals surface area contributed by atoms with Gasteiger partial charge in [0.1, 0.15) is 0 Å². The number of benzene rings is 4. The van der Waals surface area contributed by atoms with Gasteiger partial charge in [-0.05, 0) is 28.5 Å². The lowest BCUT2D eigenvalue weighted by molar-refractivity contribution is 1.04. The summed E-state index contributed by atoms with van der Waals surface area (Å²) in [6.07, 6.45) is 0. The van der Waals surface area contributed by atoms with E-state index in [-0.39, 0.29) is 0 Å². The van der Waals surface area contributed by atoms with Gasteiger partial charge >= 0.3 is 0 Å². The number of nitrogens with zero attached hydrogens (tertiary/aromatic N) is 2. The van der Waals surface area contributed by atoms with Crippen molar-refractivity contribution in [2.75, 3.05) is 4.90 Å². The van der Waals surface area contributed by atoms with Gasteiger partial charge in [0.15, 0.2) is 0 Å². The Hall–Kier alpha value is -3.33. The molecule has 120 valence electrons. The Balaban J connectivity index is 1.63. The van der Waals surface area contributed by atoms with Crippen LogP contribution in [0.1, 0.15) is 5.56 Å². The summed E-state index contributed by atoms with van der Waals surface area (Å²) in [5.74, 6) is 0.528. The van der Waals surface area contributed by atoms with Crippen LogP contribution in [0.5, 0.6) is 0 Å². The Kier molecular flexibility index (Phi) is 3.01. The lowest BCUT2D eigenvalue weighted by Crippen LogP contribution is -2.34. The maximum absolute atomic E-state index is 6.43. The lowest BCUT2D eigenvalue weighted by Gasteiger charge is -2.18. The minimum atomic E-state index is 0.528. The quantitative estimate of drug-likeness (QED) is 0.397. The van der Waals surface area contributed by atoms with Gasteiger partial charge in [0.05, 0.1) is 17.9 Å². The van der Waals surface area contributed by atoms with Crippen molar-refractivity contribution in [1.29, 1.82) is 0 Å². The molecule has 0 saturated carbocycles. The third kappa shape index (κ3) is 2.17. The predicted octanol–water partition coefficient (Wildman–Crippen LogP) is 4.96. The number of nitrogens with two attached hydrogens (primary N) is 1. The average molecular weight is 323 g/mol. The zero-order chi connectivity index (χ0) is 16.8. The molecule has 5 rings (SSSR count). The molecule has 0 fully saturated rings. The van der Waals surface area contributed by atoms with E-state index in [1.54, 1.807) is 0 Å². The van der Waals surface area contributed by atoms with Crippen LogP contribution in [0.25, 0.3) is 21.5 Å². The maximum atomic E-state index is 6.43. The Morgan fingerprint density at radius 2 is 1.52 bits per heavy atom. The number of guanidine groups is 1. The number of fused-ring (bicyclic) bond motifs is 1. The fourth-order valence-electron chi connectivity index (χ4n) is 3.70. The molecule has 0 radical (unpaired) electrons. The first kappa shape index (κ1) is 14.1. The predicted molar refractivity (Wildman–Crippen MR) is 105 cm³/mol. The molecule has 0 saturated heterocycles. The SMILES string of the molecule is NC(=Nc1cccc2ccccc12)N1Cc2cccc3cccc1c23. The third-order valence-electron chi connectivity index (χ3n) is 4.87. The molecule has 1 heterocycles. The summed E-state index contributed by atoms with van der Waals surface area (Å²) < 4.78 is 0. The van der Waals surface area contributed by atoms with E-state index in [1.165, 1.54) is 21.7 Å². The number of anilines is 1.